The van der Waals surface area contributed by atoms with Gasteiger partial charge in [-0.3, -0.25) is 10.1 Å². The fourth-order valence-electron chi connectivity index (χ4n) is 1.53. The number of halogens is 2. The topological polar surface area (TPSA) is 86.5 Å². The van der Waals surface area contributed by atoms with Gasteiger partial charge in [0.25, 0.3) is 9.05 Å². The number of hydrogen-bond acceptors (Lipinski definition) is 5. The average Bonchev–Trinajstić information content (AvgIpc) is 2.40. The summed E-state index contributed by atoms with van der Waals surface area (Å²) >= 11 is 5.88. The minimum absolute atomic E-state index is 0.0678. The number of hydrogen-bond donors (Lipinski definition) is 0. The first-order chi connectivity index (χ1) is 9.79. The lowest BCUT2D eigenvalue weighted by atomic mass is 10.3. The molecule has 0 aliphatic heterocycles. The first-order valence-corrected chi connectivity index (χ1v) is 8.13. The first kappa shape index (κ1) is 15.6. The van der Waals surface area contributed by atoms with Crippen molar-refractivity contribution in [3.05, 3.63) is 57.6 Å². The molecule has 0 heterocycles. The summed E-state index contributed by atoms with van der Waals surface area (Å²) in [6.07, 6.45) is 0. The Labute approximate surface area is 129 Å². The number of nitro benzene ring substituents is 1. The summed E-state index contributed by atoms with van der Waals surface area (Å²) in [5.41, 5.74) is -0.295. The molecule has 0 aliphatic rings. The van der Waals surface area contributed by atoms with Gasteiger partial charge in [-0.2, -0.15) is 0 Å². The number of para-hydroxylation sites is 1. The van der Waals surface area contributed by atoms with E-state index in [4.69, 9.17) is 27.0 Å². The molecule has 0 unspecified atom stereocenters. The molecule has 0 aromatic heterocycles. The van der Waals surface area contributed by atoms with Gasteiger partial charge < -0.3 is 4.74 Å². The van der Waals surface area contributed by atoms with Crippen LogP contribution in [0.25, 0.3) is 0 Å². The van der Waals surface area contributed by atoms with Crippen LogP contribution in [0.5, 0.6) is 11.5 Å². The van der Waals surface area contributed by atoms with Gasteiger partial charge in [0.15, 0.2) is 0 Å². The van der Waals surface area contributed by atoms with Crippen molar-refractivity contribution in [3.63, 3.8) is 0 Å². The van der Waals surface area contributed by atoms with E-state index in [9.17, 15) is 18.5 Å². The van der Waals surface area contributed by atoms with E-state index in [0.717, 1.165) is 0 Å². The first-order valence-electron chi connectivity index (χ1n) is 5.44. The molecule has 0 spiro atoms. The van der Waals surface area contributed by atoms with E-state index >= 15 is 0 Å². The molecule has 6 nitrogen and oxygen atoms in total. The standard InChI is InChI=1S/C12H7Cl2NO5S/c13-10-2-1-3-11(15(16)17)12(10)20-8-4-6-9(7-5-8)21(14,18)19/h1-7H. The highest BCUT2D eigenvalue weighted by Crippen LogP contribution is 2.37. The number of nitro groups is 1. The molecule has 0 radical (unpaired) electrons. The Morgan fingerprint density at radius 3 is 2.24 bits per heavy atom. The van der Waals surface area contributed by atoms with Crippen LogP contribution in [0.2, 0.25) is 5.02 Å². The minimum atomic E-state index is -3.84. The van der Waals surface area contributed by atoms with Gasteiger partial charge in [0, 0.05) is 16.7 Å². The van der Waals surface area contributed by atoms with Crippen molar-refractivity contribution in [1.29, 1.82) is 0 Å². The van der Waals surface area contributed by atoms with Gasteiger partial charge in [-0.1, -0.05) is 17.7 Å². The van der Waals surface area contributed by atoms with Crippen LogP contribution >= 0.6 is 22.3 Å². The zero-order valence-electron chi connectivity index (χ0n) is 10.2. The molecule has 9 heteroatoms. The third-order valence-electron chi connectivity index (χ3n) is 2.47. The number of benzene rings is 2. The van der Waals surface area contributed by atoms with Crippen LogP contribution in [-0.4, -0.2) is 13.3 Å². The fourth-order valence-corrected chi connectivity index (χ4v) is 2.51. The van der Waals surface area contributed by atoms with Crippen molar-refractivity contribution in [1.82, 2.24) is 0 Å². The second-order valence-electron chi connectivity index (χ2n) is 3.86. The largest absolute Gasteiger partial charge is 0.449 e. The maximum Gasteiger partial charge on any atom is 0.313 e. The third kappa shape index (κ3) is 3.63. The van der Waals surface area contributed by atoms with Crippen molar-refractivity contribution in [2.75, 3.05) is 0 Å². The second-order valence-corrected chi connectivity index (χ2v) is 6.83. The summed E-state index contributed by atoms with van der Waals surface area (Å²) in [4.78, 5) is 10.2. The molecule has 0 aliphatic carbocycles. The highest BCUT2D eigenvalue weighted by Gasteiger charge is 2.19. The maximum absolute atomic E-state index is 11.1. The van der Waals surface area contributed by atoms with Gasteiger partial charge in [-0.15, -0.1) is 0 Å². The Kier molecular flexibility index (Phi) is 4.36. The Bertz CT molecular complexity index is 790. The van der Waals surface area contributed by atoms with Crippen molar-refractivity contribution in [3.8, 4) is 11.5 Å². The molecular formula is C12H7Cl2NO5S. The number of rotatable bonds is 4. The Hall–Kier alpha value is -1.83. The predicted molar refractivity (Wildman–Crippen MR) is 77.7 cm³/mol. The van der Waals surface area contributed by atoms with Gasteiger partial charge in [0.1, 0.15) is 5.75 Å². The van der Waals surface area contributed by atoms with Crippen LogP contribution < -0.4 is 4.74 Å². The van der Waals surface area contributed by atoms with Crippen LogP contribution in [0.3, 0.4) is 0 Å². The summed E-state index contributed by atoms with van der Waals surface area (Å²) < 4.78 is 27.6. The van der Waals surface area contributed by atoms with Gasteiger partial charge in [0.2, 0.25) is 5.75 Å². The zero-order chi connectivity index (χ0) is 15.6. The van der Waals surface area contributed by atoms with E-state index in [-0.39, 0.29) is 27.1 Å². The van der Waals surface area contributed by atoms with E-state index in [0.29, 0.717) is 0 Å². The van der Waals surface area contributed by atoms with E-state index < -0.39 is 14.0 Å². The second kappa shape index (κ2) is 5.88. The summed E-state index contributed by atoms with van der Waals surface area (Å²) in [6, 6.07) is 9.21. The predicted octanol–water partition coefficient (Wildman–Crippen LogP) is 3.97. The van der Waals surface area contributed by atoms with E-state index in [1.54, 1.807) is 0 Å². The summed E-state index contributed by atoms with van der Waals surface area (Å²) in [5.74, 6) is 0.0703. The lowest BCUT2D eigenvalue weighted by Gasteiger charge is -2.08. The van der Waals surface area contributed by atoms with Crippen molar-refractivity contribution < 1.29 is 18.1 Å². The van der Waals surface area contributed by atoms with Crippen LogP contribution in [-0.2, 0) is 9.05 Å². The molecule has 0 saturated carbocycles. The van der Waals surface area contributed by atoms with Crippen LogP contribution in [0.4, 0.5) is 5.69 Å². The van der Waals surface area contributed by atoms with E-state index in [1.165, 1.54) is 42.5 Å². The van der Waals surface area contributed by atoms with Crippen molar-refractivity contribution in [2.24, 2.45) is 0 Å². The molecule has 0 fully saturated rings. The van der Waals surface area contributed by atoms with Crippen LogP contribution in [0.15, 0.2) is 47.4 Å². The highest BCUT2D eigenvalue weighted by atomic mass is 35.7. The molecule has 0 amide bonds. The van der Waals surface area contributed by atoms with E-state index in [1.807, 2.05) is 0 Å². The quantitative estimate of drug-likeness (QED) is 0.474. The molecule has 0 N–H and O–H groups in total. The summed E-state index contributed by atoms with van der Waals surface area (Å²) in [7, 11) is 1.34. The molecule has 110 valence electrons. The summed E-state index contributed by atoms with van der Waals surface area (Å²) in [5, 5.41) is 11.0. The van der Waals surface area contributed by atoms with Crippen molar-refractivity contribution >= 4 is 37.0 Å². The molecule has 2 aromatic rings. The fraction of sp³-hybridized carbons (Fsp3) is 0. The van der Waals surface area contributed by atoms with Crippen LogP contribution in [0, 0.1) is 10.1 Å². The lowest BCUT2D eigenvalue weighted by molar-refractivity contribution is -0.385. The molecule has 0 atom stereocenters. The molecule has 2 aromatic carbocycles. The molecule has 0 saturated heterocycles. The normalized spacial score (nSPS) is 11.1. The molecule has 21 heavy (non-hydrogen) atoms. The SMILES string of the molecule is O=[N+]([O-])c1cccc(Cl)c1Oc1ccc(S(=O)(=O)Cl)cc1. The number of nitrogens with zero attached hydrogens (tertiary/aromatic N) is 1. The lowest BCUT2D eigenvalue weighted by Crippen LogP contribution is -1.95. The van der Waals surface area contributed by atoms with Crippen molar-refractivity contribution in [2.45, 2.75) is 4.90 Å². The zero-order valence-corrected chi connectivity index (χ0v) is 12.5. The van der Waals surface area contributed by atoms with Crippen LogP contribution in [0.1, 0.15) is 0 Å². The minimum Gasteiger partial charge on any atom is -0.449 e. The highest BCUT2D eigenvalue weighted by molar-refractivity contribution is 8.13. The summed E-state index contributed by atoms with van der Waals surface area (Å²) in [6.45, 7) is 0. The van der Waals surface area contributed by atoms with E-state index in [2.05, 4.69) is 0 Å². The van der Waals surface area contributed by atoms with Gasteiger partial charge in [0.05, 0.1) is 14.8 Å². The smallest absolute Gasteiger partial charge is 0.313 e. The molecular weight excluding hydrogens is 341 g/mol. The van der Waals surface area contributed by atoms with Gasteiger partial charge in [-0.25, -0.2) is 8.42 Å². The Morgan fingerprint density at radius 2 is 1.71 bits per heavy atom. The van der Waals surface area contributed by atoms with Gasteiger partial charge >= 0.3 is 5.69 Å². The van der Waals surface area contributed by atoms with Gasteiger partial charge in [-0.05, 0) is 30.3 Å². The molecule has 0 bridgehead atoms. The number of ether oxygens (including phenoxy) is 1. The average molecular weight is 348 g/mol. The maximum atomic E-state index is 11.1. The monoisotopic (exact) mass is 347 g/mol. The molecule has 2 rings (SSSR count). The Morgan fingerprint density at radius 1 is 1.10 bits per heavy atom. The Balaban J connectivity index is 2.37. The third-order valence-corrected chi connectivity index (χ3v) is 4.14.